The van der Waals surface area contributed by atoms with E-state index in [9.17, 15) is 8.78 Å². The molecule has 0 bridgehead atoms. The lowest BCUT2D eigenvalue weighted by Crippen LogP contribution is -2.20. The fraction of sp³-hybridized carbons (Fsp3) is 0. The molecule has 0 aliphatic heterocycles. The van der Waals surface area contributed by atoms with Gasteiger partial charge in [0.2, 0.25) is 0 Å². The Labute approximate surface area is 84.1 Å². The fourth-order valence-corrected chi connectivity index (χ4v) is 1.01. The molecule has 0 amide bonds. The second-order valence-electron chi connectivity index (χ2n) is 2.38. The number of anilines is 1. The molecule has 3 N–H and O–H groups in total. The lowest BCUT2D eigenvalue weighted by atomic mass is 10.2. The van der Waals surface area contributed by atoms with Crippen LogP contribution in [0.15, 0.2) is 12.1 Å². The molecule has 1 aromatic carbocycles. The molecule has 0 unspecified atom stereocenters. The van der Waals surface area contributed by atoms with Gasteiger partial charge in [-0.15, -0.1) is 0 Å². The molecule has 0 saturated carbocycles. The summed E-state index contributed by atoms with van der Waals surface area (Å²) in [5.41, 5.74) is 4.74. The zero-order chi connectivity index (χ0) is 10.7. The maximum absolute atomic E-state index is 13.0. The van der Waals surface area contributed by atoms with Gasteiger partial charge in [-0.05, 0) is 24.4 Å². The van der Waals surface area contributed by atoms with E-state index >= 15 is 0 Å². The quantitative estimate of drug-likeness (QED) is 0.694. The molecule has 0 atom stereocenters. The molecule has 0 radical (unpaired) electrons. The monoisotopic (exact) mass is 213 g/mol. The second kappa shape index (κ2) is 3.98. The Morgan fingerprint density at radius 1 is 1.50 bits per heavy atom. The predicted molar refractivity (Wildman–Crippen MR) is 51.5 cm³/mol. The molecule has 0 fully saturated rings. The van der Waals surface area contributed by atoms with E-state index in [1.807, 2.05) is 0 Å². The van der Waals surface area contributed by atoms with Gasteiger partial charge in [0.25, 0.3) is 0 Å². The van der Waals surface area contributed by atoms with E-state index in [-0.39, 0.29) is 10.8 Å². The van der Waals surface area contributed by atoms with E-state index in [0.717, 1.165) is 6.07 Å². The second-order valence-corrected chi connectivity index (χ2v) is 2.82. The van der Waals surface area contributed by atoms with E-state index in [1.165, 1.54) is 12.1 Å². The zero-order valence-electron chi connectivity index (χ0n) is 6.84. The van der Waals surface area contributed by atoms with Crippen LogP contribution in [0.25, 0.3) is 0 Å². The van der Waals surface area contributed by atoms with Gasteiger partial charge >= 0.3 is 0 Å². The van der Waals surface area contributed by atoms with Crippen LogP contribution in [0, 0.1) is 23.0 Å². The first-order chi connectivity index (χ1) is 6.56. The smallest absolute Gasteiger partial charge is 0.178 e. The van der Waals surface area contributed by atoms with Crippen LogP contribution in [0.1, 0.15) is 5.56 Å². The number of nitrogens with two attached hydrogens (primary N) is 1. The van der Waals surface area contributed by atoms with Crippen LogP contribution in [-0.2, 0) is 0 Å². The summed E-state index contributed by atoms with van der Waals surface area (Å²) in [5, 5.41) is 10.8. The average Bonchev–Trinajstić information content (AvgIpc) is 2.11. The number of halogens is 2. The number of nitrogens with one attached hydrogen (secondary N) is 1. The summed E-state index contributed by atoms with van der Waals surface area (Å²) >= 11 is 4.50. The van der Waals surface area contributed by atoms with Gasteiger partial charge in [0.1, 0.15) is 11.6 Å². The molecule has 72 valence electrons. The Balaban J connectivity index is 3.26. The number of benzene rings is 1. The van der Waals surface area contributed by atoms with Crippen molar-refractivity contribution >= 4 is 23.0 Å². The van der Waals surface area contributed by atoms with Gasteiger partial charge in [-0.2, -0.15) is 5.26 Å². The summed E-state index contributed by atoms with van der Waals surface area (Å²) in [5.74, 6) is -2.30. The molecular formula is C8H5F2N3S. The van der Waals surface area contributed by atoms with Crippen molar-refractivity contribution < 1.29 is 8.78 Å². The van der Waals surface area contributed by atoms with Crippen LogP contribution in [0.4, 0.5) is 14.5 Å². The third-order valence-corrected chi connectivity index (χ3v) is 1.57. The molecule has 14 heavy (non-hydrogen) atoms. The van der Waals surface area contributed by atoms with Crippen LogP contribution in [0.5, 0.6) is 0 Å². The van der Waals surface area contributed by atoms with Crippen molar-refractivity contribution in [1.82, 2.24) is 0 Å². The minimum absolute atomic E-state index is 0.0545. The van der Waals surface area contributed by atoms with Crippen LogP contribution in [-0.4, -0.2) is 5.11 Å². The van der Waals surface area contributed by atoms with Crippen molar-refractivity contribution in [3.05, 3.63) is 29.3 Å². The summed E-state index contributed by atoms with van der Waals surface area (Å²) < 4.78 is 25.7. The third kappa shape index (κ3) is 1.95. The molecule has 6 heteroatoms. The molecule has 1 rings (SSSR count). The topological polar surface area (TPSA) is 61.8 Å². The number of thiocarbonyl (C=S) groups is 1. The SMILES string of the molecule is N#Cc1c(NC(N)=S)ccc(F)c1F. The van der Waals surface area contributed by atoms with Crippen molar-refractivity contribution in [2.24, 2.45) is 5.73 Å². The van der Waals surface area contributed by atoms with Gasteiger partial charge < -0.3 is 11.1 Å². The first-order valence-corrected chi connectivity index (χ1v) is 3.91. The fourth-order valence-electron chi connectivity index (χ4n) is 0.897. The minimum atomic E-state index is -1.21. The Morgan fingerprint density at radius 3 is 2.64 bits per heavy atom. The van der Waals surface area contributed by atoms with E-state index < -0.39 is 17.2 Å². The highest BCUT2D eigenvalue weighted by Gasteiger charge is 2.13. The predicted octanol–water partition coefficient (Wildman–Crippen LogP) is 1.49. The van der Waals surface area contributed by atoms with E-state index in [0.29, 0.717) is 0 Å². The number of hydrogen-bond acceptors (Lipinski definition) is 2. The van der Waals surface area contributed by atoms with Gasteiger partial charge in [0.15, 0.2) is 16.7 Å². The van der Waals surface area contributed by atoms with Gasteiger partial charge in [-0.25, -0.2) is 8.78 Å². The van der Waals surface area contributed by atoms with Gasteiger partial charge in [-0.1, -0.05) is 0 Å². The molecule has 0 heterocycles. The van der Waals surface area contributed by atoms with Gasteiger partial charge in [0.05, 0.1) is 5.69 Å². The molecule has 0 spiro atoms. The lowest BCUT2D eigenvalue weighted by molar-refractivity contribution is 0.507. The van der Waals surface area contributed by atoms with Gasteiger partial charge in [0, 0.05) is 0 Å². The summed E-state index contributed by atoms with van der Waals surface area (Å²) in [6.07, 6.45) is 0. The zero-order valence-corrected chi connectivity index (χ0v) is 7.66. The number of nitriles is 1. The molecule has 0 saturated heterocycles. The highest BCUT2D eigenvalue weighted by Crippen LogP contribution is 2.20. The first-order valence-electron chi connectivity index (χ1n) is 3.51. The number of rotatable bonds is 1. The van der Waals surface area contributed by atoms with E-state index in [2.05, 4.69) is 17.5 Å². The van der Waals surface area contributed by atoms with Crippen LogP contribution < -0.4 is 11.1 Å². The van der Waals surface area contributed by atoms with Crippen LogP contribution in [0.3, 0.4) is 0 Å². The van der Waals surface area contributed by atoms with Crippen molar-refractivity contribution in [2.45, 2.75) is 0 Å². The number of hydrogen-bond donors (Lipinski definition) is 2. The van der Waals surface area contributed by atoms with Crippen LogP contribution >= 0.6 is 12.2 Å². The van der Waals surface area contributed by atoms with Crippen molar-refractivity contribution in [3.63, 3.8) is 0 Å². The summed E-state index contributed by atoms with van der Waals surface area (Å²) in [7, 11) is 0. The van der Waals surface area contributed by atoms with Crippen molar-refractivity contribution in [3.8, 4) is 6.07 Å². The van der Waals surface area contributed by atoms with Crippen molar-refractivity contribution in [2.75, 3.05) is 5.32 Å². The summed E-state index contributed by atoms with van der Waals surface area (Å²) in [6, 6.07) is 3.59. The highest BCUT2D eigenvalue weighted by atomic mass is 32.1. The molecule has 1 aromatic rings. The Bertz CT molecular complexity index is 425. The Hall–Kier alpha value is -1.74. The maximum Gasteiger partial charge on any atom is 0.178 e. The highest BCUT2D eigenvalue weighted by molar-refractivity contribution is 7.80. The minimum Gasteiger partial charge on any atom is -0.376 e. The molecule has 0 aromatic heterocycles. The number of nitrogens with zero attached hydrogens (tertiary/aromatic N) is 1. The average molecular weight is 213 g/mol. The van der Waals surface area contributed by atoms with Gasteiger partial charge in [-0.3, -0.25) is 0 Å². The summed E-state index contributed by atoms with van der Waals surface area (Å²) in [4.78, 5) is 0. The molecular weight excluding hydrogens is 208 g/mol. The van der Waals surface area contributed by atoms with Crippen LogP contribution in [0.2, 0.25) is 0 Å². The normalized spacial score (nSPS) is 9.21. The summed E-state index contributed by atoms with van der Waals surface area (Å²) in [6.45, 7) is 0. The van der Waals surface area contributed by atoms with Crippen molar-refractivity contribution in [1.29, 1.82) is 5.26 Å². The van der Waals surface area contributed by atoms with E-state index in [1.54, 1.807) is 0 Å². The Kier molecular flexibility index (Phi) is 2.94. The molecule has 3 nitrogen and oxygen atoms in total. The standard InChI is InChI=1S/C8H5F2N3S/c9-5-1-2-6(13-8(12)14)4(3-11)7(5)10/h1-2H,(H3,12,13,14). The van der Waals surface area contributed by atoms with E-state index in [4.69, 9.17) is 11.0 Å². The Morgan fingerprint density at radius 2 is 2.14 bits per heavy atom. The first kappa shape index (κ1) is 10.3. The molecule has 0 aliphatic carbocycles. The largest absolute Gasteiger partial charge is 0.376 e. The molecule has 0 aliphatic rings. The third-order valence-electron chi connectivity index (χ3n) is 1.46. The maximum atomic E-state index is 13.0. The lowest BCUT2D eigenvalue weighted by Gasteiger charge is -2.06.